The summed E-state index contributed by atoms with van der Waals surface area (Å²) in [6.45, 7) is 13.4. The highest BCUT2D eigenvalue weighted by molar-refractivity contribution is 5.35. The standard InChI is InChI=1S/C16H24N4/c1-10(2)17-9-15-7-11(3)18-16(8-15)20-14(6)12(4)13(5)19-20/h7-8,10,17H,9H2,1-6H3. The van der Waals surface area contributed by atoms with Crippen molar-refractivity contribution in [2.24, 2.45) is 0 Å². The van der Waals surface area contributed by atoms with Gasteiger partial charge in [0.2, 0.25) is 0 Å². The number of nitrogens with one attached hydrogen (secondary N) is 1. The summed E-state index contributed by atoms with van der Waals surface area (Å²) in [7, 11) is 0. The van der Waals surface area contributed by atoms with E-state index in [0.717, 1.165) is 29.4 Å². The van der Waals surface area contributed by atoms with Crippen LogP contribution >= 0.6 is 0 Å². The van der Waals surface area contributed by atoms with Crippen LogP contribution in [0.4, 0.5) is 0 Å². The average molecular weight is 272 g/mol. The zero-order valence-electron chi connectivity index (χ0n) is 13.3. The Bertz CT molecular complexity index is 611. The first-order chi connectivity index (χ1) is 9.38. The lowest BCUT2D eigenvalue weighted by Crippen LogP contribution is -2.22. The molecule has 0 aromatic carbocycles. The number of aromatic nitrogens is 3. The van der Waals surface area contributed by atoms with Crippen LogP contribution in [-0.4, -0.2) is 20.8 Å². The first kappa shape index (κ1) is 14.7. The Kier molecular flexibility index (Phi) is 4.23. The van der Waals surface area contributed by atoms with Crippen molar-refractivity contribution >= 4 is 0 Å². The molecule has 0 unspecified atom stereocenters. The Balaban J connectivity index is 2.39. The van der Waals surface area contributed by atoms with Crippen LogP contribution in [0.15, 0.2) is 12.1 Å². The molecule has 0 spiro atoms. The van der Waals surface area contributed by atoms with Gasteiger partial charge in [-0.25, -0.2) is 9.67 Å². The quantitative estimate of drug-likeness (QED) is 0.930. The van der Waals surface area contributed by atoms with Crippen LogP contribution < -0.4 is 5.32 Å². The highest BCUT2D eigenvalue weighted by Gasteiger charge is 2.11. The van der Waals surface area contributed by atoms with Crippen molar-refractivity contribution in [3.63, 3.8) is 0 Å². The van der Waals surface area contributed by atoms with Crippen LogP contribution in [0.5, 0.6) is 0 Å². The Morgan fingerprint density at radius 1 is 1.15 bits per heavy atom. The van der Waals surface area contributed by atoms with E-state index < -0.39 is 0 Å². The predicted octanol–water partition coefficient (Wildman–Crippen LogP) is 3.00. The SMILES string of the molecule is Cc1cc(CNC(C)C)cc(-n2nc(C)c(C)c2C)n1. The maximum atomic E-state index is 4.62. The molecule has 20 heavy (non-hydrogen) atoms. The summed E-state index contributed by atoms with van der Waals surface area (Å²) in [5, 5.41) is 8.03. The number of nitrogens with zero attached hydrogens (tertiary/aromatic N) is 3. The zero-order chi connectivity index (χ0) is 14.9. The van der Waals surface area contributed by atoms with Gasteiger partial charge in [-0.15, -0.1) is 0 Å². The van der Waals surface area contributed by atoms with Gasteiger partial charge in [0.1, 0.15) is 0 Å². The summed E-state index contributed by atoms with van der Waals surface area (Å²) >= 11 is 0. The van der Waals surface area contributed by atoms with Crippen molar-refractivity contribution in [1.82, 2.24) is 20.1 Å². The van der Waals surface area contributed by atoms with Crippen molar-refractivity contribution in [1.29, 1.82) is 0 Å². The second kappa shape index (κ2) is 5.75. The van der Waals surface area contributed by atoms with E-state index in [1.165, 1.54) is 11.1 Å². The summed E-state index contributed by atoms with van der Waals surface area (Å²) in [4.78, 5) is 4.62. The normalized spacial score (nSPS) is 11.3. The molecule has 2 heterocycles. The van der Waals surface area contributed by atoms with Gasteiger partial charge in [-0.2, -0.15) is 5.10 Å². The fraction of sp³-hybridized carbons (Fsp3) is 0.500. The molecule has 0 aliphatic carbocycles. The molecule has 0 saturated heterocycles. The van der Waals surface area contributed by atoms with Crippen molar-refractivity contribution < 1.29 is 0 Å². The minimum absolute atomic E-state index is 0.475. The molecule has 2 aromatic rings. The van der Waals surface area contributed by atoms with E-state index in [2.05, 4.69) is 55.2 Å². The number of pyridine rings is 1. The summed E-state index contributed by atoms with van der Waals surface area (Å²) < 4.78 is 1.94. The van der Waals surface area contributed by atoms with Gasteiger partial charge in [-0.3, -0.25) is 0 Å². The summed E-state index contributed by atoms with van der Waals surface area (Å²) in [5.74, 6) is 0.902. The molecule has 0 bridgehead atoms. The molecule has 0 radical (unpaired) electrons. The second-order valence-electron chi connectivity index (χ2n) is 5.72. The monoisotopic (exact) mass is 272 g/mol. The van der Waals surface area contributed by atoms with Gasteiger partial charge in [-0.05, 0) is 51.0 Å². The lowest BCUT2D eigenvalue weighted by Gasteiger charge is -2.11. The lowest BCUT2D eigenvalue weighted by atomic mass is 10.2. The molecule has 0 atom stereocenters. The molecule has 4 nitrogen and oxygen atoms in total. The highest BCUT2D eigenvalue weighted by Crippen LogP contribution is 2.17. The van der Waals surface area contributed by atoms with E-state index in [4.69, 9.17) is 0 Å². The Hall–Kier alpha value is -1.68. The van der Waals surface area contributed by atoms with Crippen LogP contribution in [0.2, 0.25) is 0 Å². The van der Waals surface area contributed by atoms with E-state index in [9.17, 15) is 0 Å². The van der Waals surface area contributed by atoms with Crippen LogP contribution in [0.25, 0.3) is 5.82 Å². The van der Waals surface area contributed by atoms with E-state index in [1.807, 2.05) is 18.5 Å². The molecule has 4 heteroatoms. The molecule has 2 rings (SSSR count). The first-order valence-electron chi connectivity index (χ1n) is 7.12. The number of hydrogen-bond acceptors (Lipinski definition) is 3. The molecular weight excluding hydrogens is 248 g/mol. The lowest BCUT2D eigenvalue weighted by molar-refractivity contribution is 0.587. The minimum Gasteiger partial charge on any atom is -0.310 e. The summed E-state index contributed by atoms with van der Waals surface area (Å²) in [6.07, 6.45) is 0. The largest absolute Gasteiger partial charge is 0.310 e. The van der Waals surface area contributed by atoms with Gasteiger partial charge < -0.3 is 5.32 Å². The van der Waals surface area contributed by atoms with Crippen molar-refractivity contribution in [3.05, 3.63) is 40.3 Å². The fourth-order valence-electron chi connectivity index (χ4n) is 2.20. The minimum atomic E-state index is 0.475. The molecule has 2 aromatic heterocycles. The molecule has 0 saturated carbocycles. The van der Waals surface area contributed by atoms with Gasteiger partial charge in [0, 0.05) is 24.0 Å². The molecule has 0 aliphatic rings. The van der Waals surface area contributed by atoms with E-state index in [1.54, 1.807) is 0 Å². The Morgan fingerprint density at radius 2 is 1.85 bits per heavy atom. The van der Waals surface area contributed by atoms with Crippen LogP contribution in [0.1, 0.15) is 42.1 Å². The van der Waals surface area contributed by atoms with Crippen molar-refractivity contribution in [2.45, 2.75) is 54.1 Å². The van der Waals surface area contributed by atoms with Gasteiger partial charge in [0.05, 0.1) is 5.69 Å². The molecule has 0 amide bonds. The maximum Gasteiger partial charge on any atom is 0.154 e. The molecule has 0 aliphatic heterocycles. The smallest absolute Gasteiger partial charge is 0.154 e. The molecule has 1 N–H and O–H groups in total. The third-order valence-corrected chi connectivity index (χ3v) is 3.58. The first-order valence-corrected chi connectivity index (χ1v) is 7.12. The topological polar surface area (TPSA) is 42.7 Å². The van der Waals surface area contributed by atoms with Gasteiger partial charge in [0.25, 0.3) is 0 Å². The number of rotatable bonds is 4. The maximum absolute atomic E-state index is 4.62. The van der Waals surface area contributed by atoms with Crippen molar-refractivity contribution in [2.75, 3.05) is 0 Å². The fourth-order valence-corrected chi connectivity index (χ4v) is 2.20. The molecule has 0 fully saturated rings. The van der Waals surface area contributed by atoms with Gasteiger partial charge >= 0.3 is 0 Å². The zero-order valence-corrected chi connectivity index (χ0v) is 13.3. The summed E-state index contributed by atoms with van der Waals surface area (Å²) in [6, 6.07) is 4.71. The van der Waals surface area contributed by atoms with E-state index in [0.29, 0.717) is 6.04 Å². The van der Waals surface area contributed by atoms with Crippen LogP contribution in [-0.2, 0) is 6.54 Å². The number of hydrogen-bond donors (Lipinski definition) is 1. The average Bonchev–Trinajstić information content (AvgIpc) is 2.63. The molecule has 108 valence electrons. The Morgan fingerprint density at radius 3 is 2.40 bits per heavy atom. The van der Waals surface area contributed by atoms with E-state index in [-0.39, 0.29) is 0 Å². The van der Waals surface area contributed by atoms with Crippen LogP contribution in [0, 0.1) is 27.7 Å². The van der Waals surface area contributed by atoms with Crippen LogP contribution in [0.3, 0.4) is 0 Å². The predicted molar refractivity (Wildman–Crippen MR) is 82.3 cm³/mol. The third kappa shape index (κ3) is 3.07. The van der Waals surface area contributed by atoms with Gasteiger partial charge in [0.15, 0.2) is 5.82 Å². The Labute approximate surface area is 121 Å². The second-order valence-corrected chi connectivity index (χ2v) is 5.72. The highest BCUT2D eigenvalue weighted by atomic mass is 15.3. The third-order valence-electron chi connectivity index (χ3n) is 3.58. The van der Waals surface area contributed by atoms with Crippen molar-refractivity contribution in [3.8, 4) is 5.82 Å². The number of aryl methyl sites for hydroxylation is 2. The molecular formula is C16H24N4. The summed E-state index contributed by atoms with van der Waals surface area (Å²) in [5.41, 5.74) is 5.71. The van der Waals surface area contributed by atoms with E-state index >= 15 is 0 Å². The van der Waals surface area contributed by atoms with Gasteiger partial charge in [-0.1, -0.05) is 13.8 Å².